The molecule has 0 aromatic carbocycles. The lowest BCUT2D eigenvalue weighted by Crippen LogP contribution is -2.56. The highest BCUT2D eigenvalue weighted by atomic mass is 16.6. The minimum absolute atomic E-state index is 0.0210. The summed E-state index contributed by atoms with van der Waals surface area (Å²) in [5, 5.41) is 32.2. The number of rotatable bonds is 18. The number of cyclic esters (lactones) is 1. The summed E-state index contributed by atoms with van der Waals surface area (Å²) >= 11 is 0. The zero-order valence-electron chi connectivity index (χ0n) is 38.6. The van der Waals surface area contributed by atoms with Gasteiger partial charge in [0.1, 0.15) is 11.7 Å². The Morgan fingerprint density at radius 3 is 2.35 bits per heavy atom. The number of methoxy groups -OCH3 is 1. The second kappa shape index (κ2) is 25.5. The van der Waals surface area contributed by atoms with Gasteiger partial charge >= 0.3 is 18.2 Å². The number of amides is 3. The number of nitrogens with zero attached hydrogens (tertiary/aromatic N) is 3. The molecular formula is C47H73N3O13. The number of hydrogen-bond acceptors (Lipinski definition) is 14. The van der Waals surface area contributed by atoms with Crippen molar-refractivity contribution in [3.8, 4) is 0 Å². The number of allylic oxidation sites excluding steroid dienone is 2. The molecule has 0 spiro atoms. The van der Waals surface area contributed by atoms with Crippen LogP contribution in [0.25, 0.3) is 0 Å². The number of imide groups is 1. The van der Waals surface area contributed by atoms with Crippen molar-refractivity contribution < 1.29 is 63.0 Å². The lowest BCUT2D eigenvalue weighted by molar-refractivity contribution is -0.191. The lowest BCUT2D eigenvalue weighted by atomic mass is 9.88. The van der Waals surface area contributed by atoms with Crippen molar-refractivity contribution in [2.45, 2.75) is 167 Å². The van der Waals surface area contributed by atoms with E-state index in [1.165, 1.54) is 17.1 Å². The quantitative estimate of drug-likeness (QED) is 0.0427. The second-order valence-corrected chi connectivity index (χ2v) is 17.9. The minimum atomic E-state index is -1.17. The average Bonchev–Trinajstić information content (AvgIpc) is 3.93. The van der Waals surface area contributed by atoms with Crippen LogP contribution in [0, 0.1) is 11.8 Å². The number of carbonyl (C=O) groups excluding carboxylic acids is 6. The molecule has 16 nitrogen and oxygen atoms in total. The summed E-state index contributed by atoms with van der Waals surface area (Å²) in [7, 11) is 1.56. The molecule has 3 N–H and O–H groups in total. The molecule has 0 aromatic heterocycles. The predicted octanol–water partition coefficient (Wildman–Crippen LogP) is 4.66. The number of unbranched alkanes of at least 4 members (excludes halogenated alkanes) is 3. The first kappa shape index (κ1) is 53.3. The maximum absolute atomic E-state index is 13.9. The van der Waals surface area contributed by atoms with Crippen LogP contribution in [-0.4, -0.2) is 154 Å². The van der Waals surface area contributed by atoms with Gasteiger partial charge in [-0.2, -0.15) is 9.59 Å². The molecule has 3 amide bonds. The minimum Gasteiger partial charge on any atom is -0.457 e. The van der Waals surface area contributed by atoms with Crippen molar-refractivity contribution in [1.82, 2.24) is 14.7 Å². The fourth-order valence-electron chi connectivity index (χ4n) is 8.52. The van der Waals surface area contributed by atoms with E-state index in [2.05, 4.69) is 11.8 Å². The monoisotopic (exact) mass is 888 g/mol. The second-order valence-electron chi connectivity index (χ2n) is 17.9. The van der Waals surface area contributed by atoms with E-state index in [1.54, 1.807) is 43.2 Å². The SMILES string of the molecule is CC[C@@H]1CN(C(=O)O[C@H]2/C=C/[C@H](C)[C@@H](/C(C)=C/C=C/[C@](C)(O)C[C@H]3O[C@@H]3[C@H](C)[C@@H](O)CC)OC(=O)C[C@H](O)CC[C@@]2(C)OC)CCN1CCCCCCN1C(=O)C=CC1=O.O=C=O. The Morgan fingerprint density at radius 2 is 1.73 bits per heavy atom. The molecule has 0 bridgehead atoms. The molecule has 11 atom stereocenters. The van der Waals surface area contributed by atoms with Gasteiger partial charge in [0.25, 0.3) is 11.8 Å². The Hall–Kier alpha value is -4.02. The molecule has 0 aliphatic carbocycles. The average molecular weight is 888 g/mol. The summed E-state index contributed by atoms with van der Waals surface area (Å²) < 4.78 is 24.0. The number of aliphatic hydroxyl groups excluding tert-OH is 2. The molecule has 2 saturated heterocycles. The van der Waals surface area contributed by atoms with Crippen LogP contribution in [0.5, 0.6) is 0 Å². The van der Waals surface area contributed by atoms with Gasteiger partial charge in [-0.3, -0.25) is 24.2 Å². The van der Waals surface area contributed by atoms with Crippen LogP contribution in [0.3, 0.4) is 0 Å². The summed E-state index contributed by atoms with van der Waals surface area (Å²) in [6.45, 7) is 16.4. The van der Waals surface area contributed by atoms with Crippen LogP contribution in [0.4, 0.5) is 4.79 Å². The number of esters is 1. The van der Waals surface area contributed by atoms with Crippen molar-refractivity contribution in [2.75, 3.05) is 39.8 Å². The zero-order valence-corrected chi connectivity index (χ0v) is 38.6. The summed E-state index contributed by atoms with van der Waals surface area (Å²) in [6, 6.07) is 0.165. The first-order chi connectivity index (χ1) is 29.8. The third-order valence-electron chi connectivity index (χ3n) is 12.9. The first-order valence-corrected chi connectivity index (χ1v) is 22.6. The van der Waals surface area contributed by atoms with Crippen LogP contribution in [0.15, 0.2) is 48.1 Å². The highest BCUT2D eigenvalue weighted by Gasteiger charge is 2.47. The Kier molecular flexibility index (Phi) is 21.6. The molecule has 63 heavy (non-hydrogen) atoms. The third kappa shape index (κ3) is 16.5. The molecule has 16 heteroatoms. The molecule has 2 fully saturated rings. The van der Waals surface area contributed by atoms with Gasteiger partial charge in [-0.25, -0.2) is 4.79 Å². The number of aliphatic hydroxyl groups is 3. The van der Waals surface area contributed by atoms with Crippen molar-refractivity contribution in [3.63, 3.8) is 0 Å². The fourth-order valence-corrected chi connectivity index (χ4v) is 8.52. The van der Waals surface area contributed by atoms with E-state index in [-0.39, 0.29) is 60.9 Å². The van der Waals surface area contributed by atoms with Gasteiger partial charge in [-0.05, 0) is 77.5 Å². The van der Waals surface area contributed by atoms with E-state index in [0.29, 0.717) is 45.4 Å². The van der Waals surface area contributed by atoms with Gasteiger partial charge in [0.2, 0.25) is 0 Å². The molecule has 4 aliphatic heterocycles. The maximum Gasteiger partial charge on any atom is 0.410 e. The molecule has 4 rings (SSSR count). The van der Waals surface area contributed by atoms with E-state index in [0.717, 1.165) is 44.2 Å². The van der Waals surface area contributed by atoms with Crippen LogP contribution < -0.4 is 0 Å². The Balaban J connectivity index is 0.00000342. The van der Waals surface area contributed by atoms with Crippen molar-refractivity contribution in [2.24, 2.45) is 11.8 Å². The van der Waals surface area contributed by atoms with Gasteiger partial charge < -0.3 is 39.2 Å². The van der Waals surface area contributed by atoms with Crippen LogP contribution >= 0.6 is 0 Å². The molecule has 0 saturated carbocycles. The number of epoxide rings is 1. The largest absolute Gasteiger partial charge is 0.457 e. The number of carbonyl (C=O) groups is 4. The summed E-state index contributed by atoms with van der Waals surface area (Å²) in [6.07, 6.45) is 14.0. The van der Waals surface area contributed by atoms with Crippen molar-refractivity contribution in [3.05, 3.63) is 48.1 Å². The normalized spacial score (nSPS) is 30.9. The van der Waals surface area contributed by atoms with E-state index in [4.69, 9.17) is 28.5 Å². The zero-order chi connectivity index (χ0) is 46.9. The predicted molar refractivity (Wildman–Crippen MR) is 233 cm³/mol. The van der Waals surface area contributed by atoms with Crippen LogP contribution in [-0.2, 0) is 42.9 Å². The van der Waals surface area contributed by atoms with Crippen molar-refractivity contribution >= 4 is 30.0 Å². The molecule has 4 aliphatic rings. The van der Waals surface area contributed by atoms with Gasteiger partial charge in [-0.1, -0.05) is 64.8 Å². The van der Waals surface area contributed by atoms with E-state index < -0.39 is 47.7 Å². The standard InChI is InChI=1S/C46H73N3O11.CO2/c1-9-34-30-48(27-26-47(34)24-13-11-12-14-25-49-39(52)19-20-40(49)53)44(55)59-38-18-17-32(4)42(60-41(54)28-35(50)21-23-46(38,7)57-8)31(3)16-15-22-45(6,56)29-37-43(58-37)33(5)36(51)10-2;2-1-3/h15-20,22,32-38,42-43,50-51,56H,9-14,21,23-30H2,1-8H3;/b18-17+,22-15+,31-16+;/t32-,33+,34+,35+,36-,37+,38-,42+,43+,45-,46+;/m0./s1. The van der Waals surface area contributed by atoms with Gasteiger partial charge in [0.15, 0.2) is 6.10 Å². The Labute approximate surface area is 373 Å². The summed E-state index contributed by atoms with van der Waals surface area (Å²) in [5.41, 5.74) is -1.45. The van der Waals surface area contributed by atoms with Crippen LogP contribution in [0.2, 0.25) is 0 Å². The molecular weight excluding hydrogens is 815 g/mol. The number of piperazine rings is 1. The molecule has 0 radical (unpaired) electrons. The Bertz CT molecular complexity index is 1650. The topological polar surface area (TPSA) is 213 Å². The van der Waals surface area contributed by atoms with Crippen LogP contribution in [0.1, 0.15) is 113 Å². The molecule has 354 valence electrons. The smallest absolute Gasteiger partial charge is 0.410 e. The van der Waals surface area contributed by atoms with E-state index in [9.17, 15) is 34.5 Å². The van der Waals surface area contributed by atoms with E-state index >= 15 is 0 Å². The molecule has 0 unspecified atom stereocenters. The highest BCUT2D eigenvalue weighted by molar-refractivity contribution is 6.12. The number of ether oxygens (including phenoxy) is 4. The van der Waals surface area contributed by atoms with E-state index in [1.807, 2.05) is 40.7 Å². The summed E-state index contributed by atoms with van der Waals surface area (Å²) in [5.74, 6) is -1.39. The van der Waals surface area contributed by atoms with Crippen molar-refractivity contribution in [1.29, 1.82) is 0 Å². The molecule has 4 heterocycles. The van der Waals surface area contributed by atoms with Gasteiger partial charge in [0.05, 0.1) is 36.4 Å². The maximum atomic E-state index is 13.9. The number of hydrogen-bond donors (Lipinski definition) is 3. The first-order valence-electron chi connectivity index (χ1n) is 22.6. The highest BCUT2D eigenvalue weighted by Crippen LogP contribution is 2.38. The Morgan fingerprint density at radius 1 is 1.08 bits per heavy atom. The molecule has 0 aromatic rings. The van der Waals surface area contributed by atoms with Gasteiger partial charge in [0, 0.05) is 69.7 Å². The lowest BCUT2D eigenvalue weighted by Gasteiger charge is -2.42. The summed E-state index contributed by atoms with van der Waals surface area (Å²) in [4.78, 5) is 72.3. The fraction of sp³-hybridized carbons (Fsp3) is 0.723. The van der Waals surface area contributed by atoms with Gasteiger partial charge in [-0.15, -0.1) is 0 Å². The third-order valence-corrected chi connectivity index (χ3v) is 12.9.